The molecule has 1 aromatic heterocycles. The second-order valence-corrected chi connectivity index (χ2v) is 4.08. The second kappa shape index (κ2) is 5.31. The summed E-state index contributed by atoms with van der Waals surface area (Å²) in [6.45, 7) is 2.31. The van der Waals surface area contributed by atoms with Crippen molar-refractivity contribution in [2.45, 2.75) is 13.5 Å². The Bertz CT molecular complexity index is 552. The van der Waals surface area contributed by atoms with E-state index >= 15 is 0 Å². The van der Waals surface area contributed by atoms with E-state index in [0.717, 1.165) is 11.3 Å². The molecule has 1 heterocycles. The molecule has 18 heavy (non-hydrogen) atoms. The molecule has 4 heteroatoms. The van der Waals surface area contributed by atoms with E-state index in [1.807, 2.05) is 37.3 Å². The molecule has 0 aliphatic rings. The summed E-state index contributed by atoms with van der Waals surface area (Å²) in [7, 11) is 0. The maximum absolute atomic E-state index is 11.9. The van der Waals surface area contributed by atoms with Gasteiger partial charge in [-0.2, -0.15) is 0 Å². The summed E-state index contributed by atoms with van der Waals surface area (Å²) in [4.78, 5) is 16.0. The van der Waals surface area contributed by atoms with E-state index in [4.69, 9.17) is 5.73 Å². The fourth-order valence-electron chi connectivity index (χ4n) is 1.64. The molecular formula is C14H15N3O. The highest BCUT2D eigenvalue weighted by Gasteiger charge is 2.09. The van der Waals surface area contributed by atoms with E-state index in [9.17, 15) is 4.79 Å². The Morgan fingerprint density at radius 2 is 2.06 bits per heavy atom. The molecule has 1 aromatic carbocycles. The summed E-state index contributed by atoms with van der Waals surface area (Å²) >= 11 is 0. The molecule has 1 amide bonds. The number of nitrogens with zero attached hydrogens (tertiary/aromatic N) is 1. The van der Waals surface area contributed by atoms with Gasteiger partial charge in [-0.1, -0.05) is 30.3 Å². The van der Waals surface area contributed by atoms with Crippen LogP contribution in [0.3, 0.4) is 0 Å². The summed E-state index contributed by atoms with van der Waals surface area (Å²) in [6, 6.07) is 11.4. The van der Waals surface area contributed by atoms with Gasteiger partial charge in [-0.25, -0.2) is 0 Å². The van der Waals surface area contributed by atoms with Crippen molar-refractivity contribution >= 4 is 11.6 Å². The summed E-state index contributed by atoms with van der Waals surface area (Å²) < 4.78 is 0. The highest BCUT2D eigenvalue weighted by atomic mass is 16.1. The summed E-state index contributed by atoms with van der Waals surface area (Å²) in [5, 5.41) is 2.82. The first-order valence-electron chi connectivity index (χ1n) is 5.71. The number of carbonyl (C=O) groups is 1. The van der Waals surface area contributed by atoms with Gasteiger partial charge in [0, 0.05) is 24.1 Å². The number of hydrogen-bond donors (Lipinski definition) is 2. The maximum Gasteiger partial charge on any atom is 0.255 e. The zero-order chi connectivity index (χ0) is 13.0. The van der Waals surface area contributed by atoms with Crippen LogP contribution in [0.1, 0.15) is 21.6 Å². The Hall–Kier alpha value is -2.36. The highest BCUT2D eigenvalue weighted by molar-refractivity contribution is 5.98. The normalized spacial score (nSPS) is 10.1. The van der Waals surface area contributed by atoms with E-state index in [-0.39, 0.29) is 5.91 Å². The molecule has 0 fully saturated rings. The fourth-order valence-corrected chi connectivity index (χ4v) is 1.64. The molecule has 92 valence electrons. The van der Waals surface area contributed by atoms with Gasteiger partial charge in [0.1, 0.15) is 0 Å². The van der Waals surface area contributed by atoms with Crippen molar-refractivity contribution in [3.8, 4) is 0 Å². The average molecular weight is 241 g/mol. The first-order chi connectivity index (χ1) is 8.66. The highest BCUT2D eigenvalue weighted by Crippen LogP contribution is 2.11. The zero-order valence-electron chi connectivity index (χ0n) is 10.2. The third kappa shape index (κ3) is 2.85. The molecule has 0 bridgehead atoms. The van der Waals surface area contributed by atoms with Crippen LogP contribution in [0.15, 0.2) is 42.6 Å². The number of pyridine rings is 1. The SMILES string of the molecule is Cc1cc(N)c(C(=O)NCc2ccccc2)cn1. The molecule has 0 spiro atoms. The van der Waals surface area contributed by atoms with Crippen molar-refractivity contribution in [1.82, 2.24) is 10.3 Å². The Balaban J connectivity index is 2.04. The Morgan fingerprint density at radius 1 is 1.33 bits per heavy atom. The molecule has 4 nitrogen and oxygen atoms in total. The third-order valence-corrected chi connectivity index (χ3v) is 2.61. The summed E-state index contributed by atoms with van der Waals surface area (Å²) in [5.41, 5.74) is 8.50. The van der Waals surface area contributed by atoms with Crippen LogP contribution in [-0.4, -0.2) is 10.9 Å². The lowest BCUT2D eigenvalue weighted by Gasteiger charge is -2.07. The van der Waals surface area contributed by atoms with Crippen LogP contribution in [0.25, 0.3) is 0 Å². The van der Waals surface area contributed by atoms with Crippen LogP contribution in [-0.2, 0) is 6.54 Å². The van der Waals surface area contributed by atoms with Gasteiger partial charge in [0.05, 0.1) is 5.56 Å². The summed E-state index contributed by atoms with van der Waals surface area (Å²) in [6.07, 6.45) is 1.50. The third-order valence-electron chi connectivity index (χ3n) is 2.61. The monoisotopic (exact) mass is 241 g/mol. The molecule has 2 aromatic rings. The van der Waals surface area contributed by atoms with Gasteiger partial charge < -0.3 is 11.1 Å². The minimum Gasteiger partial charge on any atom is -0.398 e. The van der Waals surface area contributed by atoms with Crippen molar-refractivity contribution in [2.24, 2.45) is 0 Å². The lowest BCUT2D eigenvalue weighted by Crippen LogP contribution is -2.24. The van der Waals surface area contributed by atoms with Crippen molar-refractivity contribution in [2.75, 3.05) is 5.73 Å². The van der Waals surface area contributed by atoms with Crippen LogP contribution in [0, 0.1) is 6.92 Å². The van der Waals surface area contributed by atoms with E-state index < -0.39 is 0 Å². The second-order valence-electron chi connectivity index (χ2n) is 4.08. The maximum atomic E-state index is 11.9. The van der Waals surface area contributed by atoms with Gasteiger partial charge in [-0.05, 0) is 18.6 Å². The molecule has 2 rings (SSSR count). The summed E-state index contributed by atoms with van der Waals surface area (Å²) in [5.74, 6) is -0.205. The predicted molar refractivity (Wildman–Crippen MR) is 71.0 cm³/mol. The van der Waals surface area contributed by atoms with Gasteiger partial charge >= 0.3 is 0 Å². The molecule has 0 atom stereocenters. The van der Waals surface area contributed by atoms with E-state index in [0.29, 0.717) is 17.8 Å². The number of aromatic nitrogens is 1. The number of benzene rings is 1. The number of carbonyl (C=O) groups excluding carboxylic acids is 1. The Labute approximate surface area is 106 Å². The van der Waals surface area contributed by atoms with Gasteiger partial charge in [-0.15, -0.1) is 0 Å². The number of nitrogens with one attached hydrogen (secondary N) is 1. The van der Waals surface area contributed by atoms with Crippen LogP contribution < -0.4 is 11.1 Å². The fraction of sp³-hybridized carbons (Fsp3) is 0.143. The van der Waals surface area contributed by atoms with E-state index in [1.165, 1.54) is 6.20 Å². The largest absolute Gasteiger partial charge is 0.398 e. The number of rotatable bonds is 3. The predicted octanol–water partition coefficient (Wildman–Crippen LogP) is 1.90. The molecule has 0 radical (unpaired) electrons. The topological polar surface area (TPSA) is 68.0 Å². The smallest absolute Gasteiger partial charge is 0.255 e. The van der Waals surface area contributed by atoms with Crippen LogP contribution in [0.4, 0.5) is 5.69 Å². The molecule has 0 aliphatic carbocycles. The quantitative estimate of drug-likeness (QED) is 0.862. The number of anilines is 1. The van der Waals surface area contributed by atoms with Crippen molar-refractivity contribution in [1.29, 1.82) is 0 Å². The lowest BCUT2D eigenvalue weighted by molar-refractivity contribution is 0.0951. The lowest BCUT2D eigenvalue weighted by atomic mass is 10.2. The Kier molecular flexibility index (Phi) is 3.57. The molecule has 0 saturated heterocycles. The van der Waals surface area contributed by atoms with Gasteiger partial charge in [0.25, 0.3) is 5.91 Å². The molecule has 0 unspecified atom stereocenters. The minimum atomic E-state index is -0.205. The molecular weight excluding hydrogens is 226 g/mol. The van der Waals surface area contributed by atoms with Crippen LogP contribution in [0.5, 0.6) is 0 Å². The van der Waals surface area contributed by atoms with Crippen LogP contribution >= 0.6 is 0 Å². The van der Waals surface area contributed by atoms with E-state index in [1.54, 1.807) is 6.07 Å². The first-order valence-corrected chi connectivity index (χ1v) is 5.71. The number of amides is 1. The molecule has 0 saturated carbocycles. The van der Waals surface area contributed by atoms with Gasteiger partial charge in [-0.3, -0.25) is 9.78 Å². The number of hydrogen-bond acceptors (Lipinski definition) is 3. The number of nitrogen functional groups attached to an aromatic ring is 1. The minimum absolute atomic E-state index is 0.205. The number of nitrogens with two attached hydrogens (primary N) is 1. The van der Waals surface area contributed by atoms with Gasteiger partial charge in [0.15, 0.2) is 0 Å². The van der Waals surface area contributed by atoms with Crippen molar-refractivity contribution in [3.05, 3.63) is 59.4 Å². The average Bonchev–Trinajstić information content (AvgIpc) is 2.37. The molecule has 3 N–H and O–H groups in total. The number of aryl methyl sites for hydroxylation is 1. The van der Waals surface area contributed by atoms with E-state index in [2.05, 4.69) is 10.3 Å². The molecule has 0 aliphatic heterocycles. The Morgan fingerprint density at radius 3 is 2.72 bits per heavy atom. The van der Waals surface area contributed by atoms with Crippen molar-refractivity contribution < 1.29 is 4.79 Å². The first kappa shape index (κ1) is 12.1. The zero-order valence-corrected chi connectivity index (χ0v) is 10.2. The standard InChI is InChI=1S/C14H15N3O/c1-10-7-13(15)12(9-16-10)14(18)17-8-11-5-3-2-4-6-11/h2-7,9H,8H2,1H3,(H2,15,16)(H,17,18). The van der Waals surface area contributed by atoms with Crippen LogP contribution in [0.2, 0.25) is 0 Å². The van der Waals surface area contributed by atoms with Crippen molar-refractivity contribution in [3.63, 3.8) is 0 Å². The van der Waals surface area contributed by atoms with Gasteiger partial charge in [0.2, 0.25) is 0 Å².